The second kappa shape index (κ2) is 8.21. The highest BCUT2D eigenvalue weighted by Crippen LogP contribution is 2.28. The summed E-state index contributed by atoms with van der Waals surface area (Å²) in [5.41, 5.74) is 1.02. The third-order valence-corrected chi connectivity index (χ3v) is 5.16. The van der Waals surface area contributed by atoms with Crippen LogP contribution in [-0.4, -0.2) is 62.3 Å². The first kappa shape index (κ1) is 18.2. The number of benzene rings is 1. The summed E-state index contributed by atoms with van der Waals surface area (Å²) in [4.78, 5) is 39.8. The van der Waals surface area contributed by atoms with Crippen LogP contribution < -0.4 is 15.0 Å². The molecule has 1 aromatic rings. The van der Waals surface area contributed by atoms with E-state index in [2.05, 4.69) is 10.2 Å². The van der Waals surface area contributed by atoms with Crippen LogP contribution in [0.3, 0.4) is 0 Å². The zero-order valence-electron chi connectivity index (χ0n) is 15.1. The maximum atomic E-state index is 12.3. The van der Waals surface area contributed by atoms with Gasteiger partial charge in [0.25, 0.3) is 5.91 Å². The number of piperazine rings is 1. The number of methoxy groups -OCH3 is 1. The van der Waals surface area contributed by atoms with E-state index < -0.39 is 5.91 Å². The van der Waals surface area contributed by atoms with Crippen LogP contribution in [0.1, 0.15) is 19.3 Å². The smallest absolute Gasteiger partial charge is 0.288 e. The Bertz CT molecular complexity index is 679. The topological polar surface area (TPSA) is 79.0 Å². The molecule has 0 spiro atoms. The minimum atomic E-state index is -0.629. The van der Waals surface area contributed by atoms with Crippen molar-refractivity contribution in [1.29, 1.82) is 0 Å². The molecule has 7 heteroatoms. The van der Waals surface area contributed by atoms with Gasteiger partial charge in [-0.25, -0.2) is 0 Å². The van der Waals surface area contributed by atoms with Crippen molar-refractivity contribution in [2.24, 2.45) is 5.92 Å². The Hall–Kier alpha value is -2.57. The van der Waals surface area contributed by atoms with Crippen LogP contribution in [0.25, 0.3) is 0 Å². The first-order valence-corrected chi connectivity index (χ1v) is 9.08. The summed E-state index contributed by atoms with van der Waals surface area (Å²) in [6.07, 6.45) is 2.56. The van der Waals surface area contributed by atoms with Gasteiger partial charge in [-0.3, -0.25) is 14.4 Å². The van der Waals surface area contributed by atoms with Gasteiger partial charge in [-0.2, -0.15) is 0 Å². The molecule has 2 fully saturated rings. The number of Topliss-reactive ketones (excluding diaryl/α,β-unsaturated/α-hetero) is 1. The van der Waals surface area contributed by atoms with E-state index in [0.29, 0.717) is 26.2 Å². The number of rotatable bonds is 6. The van der Waals surface area contributed by atoms with E-state index in [9.17, 15) is 14.4 Å². The highest BCUT2D eigenvalue weighted by molar-refractivity contribution is 6.37. The van der Waals surface area contributed by atoms with Crippen LogP contribution in [-0.2, 0) is 14.4 Å². The van der Waals surface area contributed by atoms with E-state index in [0.717, 1.165) is 30.7 Å². The van der Waals surface area contributed by atoms with Gasteiger partial charge in [-0.1, -0.05) is 18.6 Å². The Morgan fingerprint density at radius 2 is 1.81 bits per heavy atom. The third-order valence-electron chi connectivity index (χ3n) is 5.16. The lowest BCUT2D eigenvalue weighted by molar-refractivity contribution is -0.142. The number of nitrogens with one attached hydrogen (secondary N) is 1. The highest BCUT2D eigenvalue weighted by Gasteiger charge is 2.30. The lowest BCUT2D eigenvalue weighted by Crippen LogP contribution is -2.52. The van der Waals surface area contributed by atoms with Gasteiger partial charge in [-0.15, -0.1) is 0 Å². The quantitative estimate of drug-likeness (QED) is 0.761. The Morgan fingerprint density at radius 1 is 1.12 bits per heavy atom. The fraction of sp³-hybridized carbons (Fsp3) is 0.526. The number of carbonyl (C=O) groups is 3. The molecule has 1 aliphatic carbocycles. The molecule has 7 nitrogen and oxygen atoms in total. The summed E-state index contributed by atoms with van der Waals surface area (Å²) >= 11 is 0. The first-order valence-electron chi connectivity index (χ1n) is 9.08. The summed E-state index contributed by atoms with van der Waals surface area (Å²) in [6, 6.07) is 7.81. The maximum Gasteiger partial charge on any atom is 0.288 e. The van der Waals surface area contributed by atoms with Crippen LogP contribution in [0.5, 0.6) is 5.75 Å². The number of nitrogens with zero attached hydrogens (tertiary/aromatic N) is 2. The van der Waals surface area contributed by atoms with E-state index in [1.807, 2.05) is 24.3 Å². The zero-order chi connectivity index (χ0) is 18.5. The number of para-hydroxylation sites is 2. The normalized spacial score (nSPS) is 17.4. The van der Waals surface area contributed by atoms with Crippen molar-refractivity contribution >= 4 is 23.3 Å². The van der Waals surface area contributed by atoms with Crippen molar-refractivity contribution < 1.29 is 19.1 Å². The SMILES string of the molecule is COc1ccccc1N1CCN(C(=O)CNC(=O)C(=O)C2CCC2)CC1. The molecule has 2 aliphatic rings. The van der Waals surface area contributed by atoms with Crippen LogP contribution in [0, 0.1) is 5.92 Å². The molecule has 140 valence electrons. The third kappa shape index (κ3) is 3.98. The van der Waals surface area contributed by atoms with Crippen LogP contribution >= 0.6 is 0 Å². The molecule has 26 heavy (non-hydrogen) atoms. The van der Waals surface area contributed by atoms with Gasteiger partial charge < -0.3 is 19.9 Å². The molecule has 1 saturated carbocycles. The molecular formula is C19H25N3O4. The minimum absolute atomic E-state index is 0.119. The number of hydrogen-bond acceptors (Lipinski definition) is 5. The first-order chi connectivity index (χ1) is 12.6. The maximum absolute atomic E-state index is 12.3. The van der Waals surface area contributed by atoms with Crippen molar-refractivity contribution in [3.63, 3.8) is 0 Å². The molecule has 1 N–H and O–H groups in total. The molecule has 0 radical (unpaired) electrons. The van der Waals surface area contributed by atoms with Gasteiger partial charge in [0.15, 0.2) is 0 Å². The van der Waals surface area contributed by atoms with Gasteiger partial charge in [-0.05, 0) is 25.0 Å². The second-order valence-corrected chi connectivity index (χ2v) is 6.71. The fourth-order valence-corrected chi connectivity index (χ4v) is 3.30. The summed E-state index contributed by atoms with van der Waals surface area (Å²) in [5, 5.41) is 2.48. The number of carbonyl (C=O) groups excluding carboxylic acids is 3. The largest absolute Gasteiger partial charge is 0.495 e. The number of ketones is 1. The van der Waals surface area contributed by atoms with Crippen LogP contribution in [0.4, 0.5) is 5.69 Å². The predicted octanol–water partition coefficient (Wildman–Crippen LogP) is 0.829. The van der Waals surface area contributed by atoms with Crippen molar-refractivity contribution in [1.82, 2.24) is 10.2 Å². The van der Waals surface area contributed by atoms with Gasteiger partial charge in [0.1, 0.15) is 5.75 Å². The number of amides is 2. The molecule has 0 atom stereocenters. The second-order valence-electron chi connectivity index (χ2n) is 6.71. The lowest BCUT2D eigenvalue weighted by Gasteiger charge is -2.36. The zero-order valence-corrected chi connectivity index (χ0v) is 15.1. The van der Waals surface area contributed by atoms with E-state index >= 15 is 0 Å². The monoisotopic (exact) mass is 359 g/mol. The van der Waals surface area contributed by atoms with Crippen molar-refractivity contribution in [3.05, 3.63) is 24.3 Å². The van der Waals surface area contributed by atoms with E-state index in [-0.39, 0.29) is 24.2 Å². The molecule has 1 heterocycles. The molecular weight excluding hydrogens is 334 g/mol. The van der Waals surface area contributed by atoms with Crippen molar-refractivity contribution in [2.75, 3.05) is 44.7 Å². The van der Waals surface area contributed by atoms with Crippen LogP contribution in [0.15, 0.2) is 24.3 Å². The molecule has 0 unspecified atom stereocenters. The average Bonchev–Trinajstić information content (AvgIpc) is 2.64. The molecule has 1 aromatic carbocycles. The predicted molar refractivity (Wildman–Crippen MR) is 97.1 cm³/mol. The molecule has 1 aliphatic heterocycles. The van der Waals surface area contributed by atoms with Crippen molar-refractivity contribution in [2.45, 2.75) is 19.3 Å². The fourth-order valence-electron chi connectivity index (χ4n) is 3.30. The standard InChI is InChI=1S/C19H25N3O4/c1-26-16-8-3-2-7-15(16)21-9-11-22(12-10-21)17(23)13-20-19(25)18(24)14-5-4-6-14/h2-3,7-8,14H,4-6,9-13H2,1H3,(H,20,25). The molecule has 2 amide bonds. The summed E-state index contributed by atoms with van der Waals surface area (Å²) in [7, 11) is 1.65. The summed E-state index contributed by atoms with van der Waals surface area (Å²) < 4.78 is 5.39. The van der Waals surface area contributed by atoms with E-state index in [1.54, 1.807) is 12.0 Å². The summed E-state index contributed by atoms with van der Waals surface area (Å²) in [6.45, 7) is 2.42. The highest BCUT2D eigenvalue weighted by atomic mass is 16.5. The van der Waals surface area contributed by atoms with Gasteiger partial charge in [0.05, 0.1) is 19.3 Å². The number of anilines is 1. The molecule has 0 bridgehead atoms. The Morgan fingerprint density at radius 3 is 2.42 bits per heavy atom. The van der Waals surface area contributed by atoms with Crippen molar-refractivity contribution in [3.8, 4) is 5.75 Å². The Labute approximate surface area is 153 Å². The number of hydrogen-bond donors (Lipinski definition) is 1. The lowest BCUT2D eigenvalue weighted by atomic mass is 9.82. The molecule has 1 saturated heterocycles. The minimum Gasteiger partial charge on any atom is -0.495 e. The van der Waals surface area contributed by atoms with E-state index in [4.69, 9.17) is 4.74 Å². The number of ether oxygens (including phenoxy) is 1. The Balaban J connectivity index is 1.46. The van der Waals surface area contributed by atoms with E-state index in [1.165, 1.54) is 0 Å². The van der Waals surface area contributed by atoms with Gasteiger partial charge in [0.2, 0.25) is 11.7 Å². The Kier molecular flexibility index (Phi) is 5.75. The van der Waals surface area contributed by atoms with Gasteiger partial charge in [0, 0.05) is 32.1 Å². The van der Waals surface area contributed by atoms with Gasteiger partial charge >= 0.3 is 0 Å². The molecule has 3 rings (SSSR count). The van der Waals surface area contributed by atoms with Crippen LogP contribution in [0.2, 0.25) is 0 Å². The summed E-state index contributed by atoms with van der Waals surface area (Å²) in [5.74, 6) is -0.497. The average molecular weight is 359 g/mol. The molecule has 0 aromatic heterocycles.